The van der Waals surface area contributed by atoms with E-state index >= 15 is 0 Å². The van der Waals surface area contributed by atoms with E-state index in [0.29, 0.717) is 10.7 Å². The Kier molecular flexibility index (Phi) is 4.16. The molecule has 1 aromatic carbocycles. The van der Waals surface area contributed by atoms with Crippen LogP contribution in [-0.2, 0) is 0 Å². The number of aliphatic hydroxyl groups excluding tert-OH is 1. The maximum atomic E-state index is 11.1. The molecule has 6 atom stereocenters. The van der Waals surface area contributed by atoms with E-state index in [9.17, 15) is 5.11 Å². The lowest BCUT2D eigenvalue weighted by atomic mass is 9.72. The first-order chi connectivity index (χ1) is 11.1. The van der Waals surface area contributed by atoms with Crippen LogP contribution in [0.4, 0.5) is 0 Å². The number of pyridine rings is 1. The van der Waals surface area contributed by atoms with Gasteiger partial charge in [0.05, 0.1) is 11.6 Å². The van der Waals surface area contributed by atoms with Gasteiger partial charge in [-0.2, -0.15) is 0 Å². The predicted molar refractivity (Wildman–Crippen MR) is 96.7 cm³/mol. The molecule has 2 unspecified atom stereocenters. The summed E-state index contributed by atoms with van der Waals surface area (Å²) in [4.78, 5) is 7.48. The van der Waals surface area contributed by atoms with Crippen LogP contribution in [0.25, 0.3) is 10.9 Å². The van der Waals surface area contributed by atoms with Gasteiger partial charge in [-0.05, 0) is 48.9 Å². The molecule has 3 saturated heterocycles. The van der Waals surface area contributed by atoms with Gasteiger partial charge in [0.1, 0.15) is 0 Å². The molecule has 1 N–H and O–H groups in total. The fraction of sp³-hybridized carbons (Fsp3) is 0.526. The number of benzene rings is 1. The number of rotatable bonds is 3. The zero-order chi connectivity index (χ0) is 16.0. The summed E-state index contributed by atoms with van der Waals surface area (Å²) >= 11 is 3.77. The van der Waals surface area contributed by atoms with Crippen LogP contribution in [0.3, 0.4) is 0 Å². The summed E-state index contributed by atoms with van der Waals surface area (Å²) in [5, 5.41) is 12.2. The molecule has 1 aromatic heterocycles. The second kappa shape index (κ2) is 6.15. The number of piperidine rings is 3. The Balaban J connectivity index is 1.64. The summed E-state index contributed by atoms with van der Waals surface area (Å²) in [5.74, 6) is 1.43. The quantitative estimate of drug-likeness (QED) is 0.830. The van der Waals surface area contributed by atoms with Gasteiger partial charge in [-0.3, -0.25) is 9.88 Å². The van der Waals surface area contributed by atoms with Crippen molar-refractivity contribution in [1.29, 1.82) is 0 Å². The lowest BCUT2D eigenvalue weighted by Gasteiger charge is -2.52. The van der Waals surface area contributed by atoms with Crippen LogP contribution < -0.4 is 0 Å². The Morgan fingerprint density at radius 3 is 2.87 bits per heavy atom. The molecule has 3 aliphatic heterocycles. The maximum Gasteiger partial charge on any atom is 0.0952 e. The number of halogens is 1. The number of para-hydroxylation sites is 1. The maximum absolute atomic E-state index is 11.1. The summed E-state index contributed by atoms with van der Waals surface area (Å²) in [5.41, 5.74) is 1.99. The minimum atomic E-state index is -0.433. The van der Waals surface area contributed by atoms with Gasteiger partial charge in [-0.25, -0.2) is 0 Å². The largest absolute Gasteiger partial charge is 0.387 e. The molecule has 0 aliphatic carbocycles. The Morgan fingerprint density at radius 2 is 2.13 bits per heavy atom. The van der Waals surface area contributed by atoms with E-state index in [-0.39, 0.29) is 6.04 Å². The van der Waals surface area contributed by atoms with Gasteiger partial charge < -0.3 is 5.11 Å². The SMILES string of the molecule is CC(Br)[C@H]1CN2CC[C@H]1C[C@@H]2[C@@H](O)c1ccnc2ccccc12. The van der Waals surface area contributed by atoms with Crippen LogP contribution >= 0.6 is 15.9 Å². The topological polar surface area (TPSA) is 36.4 Å². The highest BCUT2D eigenvalue weighted by Crippen LogP contribution is 2.43. The van der Waals surface area contributed by atoms with E-state index in [1.165, 1.54) is 6.42 Å². The molecule has 4 heterocycles. The standard InChI is InChI=1S/C19H23BrN2O/c1-12(20)16-11-22-9-7-13(16)10-18(22)19(23)15-6-8-21-17-5-3-2-4-14(15)17/h2-6,8,12-13,16,18-19,23H,7,9-11H2,1H3/t12?,13-,16+,18+,19-/m0/s1. The molecule has 23 heavy (non-hydrogen) atoms. The van der Waals surface area contributed by atoms with E-state index in [0.717, 1.165) is 41.9 Å². The molecule has 122 valence electrons. The number of aliphatic hydroxyl groups is 1. The average molecular weight is 375 g/mol. The van der Waals surface area contributed by atoms with Gasteiger partial charge in [0.2, 0.25) is 0 Å². The van der Waals surface area contributed by atoms with Crippen LogP contribution in [0.1, 0.15) is 31.4 Å². The van der Waals surface area contributed by atoms with Crippen molar-refractivity contribution < 1.29 is 5.11 Å². The van der Waals surface area contributed by atoms with Crippen molar-refractivity contribution in [1.82, 2.24) is 9.88 Å². The van der Waals surface area contributed by atoms with Crippen molar-refractivity contribution in [2.75, 3.05) is 13.1 Å². The van der Waals surface area contributed by atoms with Crippen molar-refractivity contribution in [2.24, 2.45) is 11.8 Å². The molecular formula is C19H23BrN2O. The Labute approximate surface area is 145 Å². The lowest BCUT2D eigenvalue weighted by molar-refractivity contribution is -0.0544. The third-order valence-corrected chi connectivity index (χ3v) is 6.49. The molecule has 0 saturated carbocycles. The van der Waals surface area contributed by atoms with Crippen LogP contribution in [0.2, 0.25) is 0 Å². The molecule has 3 aliphatic rings. The number of fused-ring (bicyclic) bond motifs is 4. The number of alkyl halides is 1. The summed E-state index contributed by atoms with van der Waals surface area (Å²) in [7, 11) is 0. The monoisotopic (exact) mass is 374 g/mol. The van der Waals surface area contributed by atoms with Gasteiger partial charge in [-0.1, -0.05) is 41.1 Å². The second-order valence-electron chi connectivity index (χ2n) is 7.05. The molecule has 3 nitrogen and oxygen atoms in total. The van der Waals surface area contributed by atoms with Crippen molar-refractivity contribution in [3.05, 3.63) is 42.1 Å². The molecule has 5 rings (SSSR count). The van der Waals surface area contributed by atoms with Gasteiger partial charge >= 0.3 is 0 Å². The van der Waals surface area contributed by atoms with Gasteiger partial charge in [-0.15, -0.1) is 0 Å². The zero-order valence-electron chi connectivity index (χ0n) is 13.4. The van der Waals surface area contributed by atoms with E-state index in [4.69, 9.17) is 0 Å². The molecular weight excluding hydrogens is 352 g/mol. The molecule has 0 amide bonds. The first kappa shape index (κ1) is 15.6. The molecule has 0 spiro atoms. The summed E-state index contributed by atoms with van der Waals surface area (Å²) < 4.78 is 0. The Bertz CT molecular complexity index is 699. The molecule has 4 heteroatoms. The zero-order valence-corrected chi connectivity index (χ0v) is 15.0. The first-order valence-corrected chi connectivity index (χ1v) is 9.46. The van der Waals surface area contributed by atoms with Crippen LogP contribution in [0, 0.1) is 11.8 Å². The number of nitrogens with zero attached hydrogens (tertiary/aromatic N) is 2. The van der Waals surface area contributed by atoms with E-state index < -0.39 is 6.10 Å². The van der Waals surface area contributed by atoms with Gasteiger partial charge in [0.25, 0.3) is 0 Å². The predicted octanol–water partition coefficient (Wildman–Crippen LogP) is 3.76. The van der Waals surface area contributed by atoms with Crippen LogP contribution in [0.15, 0.2) is 36.5 Å². The summed E-state index contributed by atoms with van der Waals surface area (Å²) in [6, 6.07) is 10.3. The average Bonchev–Trinajstić information content (AvgIpc) is 2.60. The number of hydrogen-bond acceptors (Lipinski definition) is 3. The molecule has 0 radical (unpaired) electrons. The first-order valence-electron chi connectivity index (χ1n) is 8.55. The van der Waals surface area contributed by atoms with Crippen molar-refractivity contribution in [3.8, 4) is 0 Å². The van der Waals surface area contributed by atoms with Gasteiger partial charge in [0.15, 0.2) is 0 Å². The Hall–Kier alpha value is -0.970. The van der Waals surface area contributed by atoms with Crippen LogP contribution in [0.5, 0.6) is 0 Å². The number of aromatic nitrogens is 1. The summed E-state index contributed by atoms with van der Waals surface area (Å²) in [6.07, 6.45) is 3.75. The smallest absolute Gasteiger partial charge is 0.0952 e. The Morgan fingerprint density at radius 1 is 1.30 bits per heavy atom. The van der Waals surface area contributed by atoms with Crippen molar-refractivity contribution >= 4 is 26.8 Å². The molecule has 3 fully saturated rings. The highest BCUT2D eigenvalue weighted by molar-refractivity contribution is 9.09. The lowest BCUT2D eigenvalue weighted by Crippen LogP contribution is -2.56. The van der Waals surface area contributed by atoms with Gasteiger partial charge in [0, 0.05) is 29.0 Å². The van der Waals surface area contributed by atoms with Crippen molar-refractivity contribution in [3.63, 3.8) is 0 Å². The third-order valence-electron chi connectivity index (χ3n) is 5.81. The second-order valence-corrected chi connectivity index (χ2v) is 8.49. The van der Waals surface area contributed by atoms with Crippen molar-refractivity contribution in [2.45, 2.75) is 36.7 Å². The fourth-order valence-electron chi connectivity index (χ4n) is 4.54. The molecule has 2 aromatic rings. The van der Waals surface area contributed by atoms with E-state index in [2.05, 4.69) is 38.8 Å². The van der Waals surface area contributed by atoms with Crippen LogP contribution in [-0.4, -0.2) is 38.9 Å². The minimum Gasteiger partial charge on any atom is -0.387 e. The highest BCUT2D eigenvalue weighted by atomic mass is 79.9. The highest BCUT2D eigenvalue weighted by Gasteiger charge is 2.44. The normalized spacial score (nSPS) is 32.8. The summed E-state index contributed by atoms with van der Waals surface area (Å²) in [6.45, 7) is 4.47. The third kappa shape index (κ3) is 2.71. The van der Waals surface area contributed by atoms with E-state index in [1.807, 2.05) is 30.5 Å². The minimum absolute atomic E-state index is 0.238. The fourth-order valence-corrected chi connectivity index (χ4v) is 5.14. The molecule has 2 bridgehead atoms. The van der Waals surface area contributed by atoms with E-state index in [1.54, 1.807) is 0 Å². The number of hydrogen-bond donors (Lipinski definition) is 1.